The van der Waals surface area contributed by atoms with Crippen molar-refractivity contribution in [3.8, 4) is 0 Å². The summed E-state index contributed by atoms with van der Waals surface area (Å²) in [6.45, 7) is 3.48. The summed E-state index contributed by atoms with van der Waals surface area (Å²) >= 11 is 0. The monoisotopic (exact) mass is 156 g/mol. The molecule has 0 bridgehead atoms. The predicted molar refractivity (Wildman–Crippen MR) is 39.8 cm³/mol. The molecule has 2 atom stereocenters. The van der Waals surface area contributed by atoms with Gasteiger partial charge in [0, 0.05) is 6.04 Å². The Hall–Kier alpha value is -0.870. The van der Waals surface area contributed by atoms with Gasteiger partial charge in [-0.15, -0.1) is 0 Å². The molecule has 1 aromatic heterocycles. The van der Waals surface area contributed by atoms with Crippen molar-refractivity contribution < 1.29 is 9.52 Å². The third-order valence-corrected chi connectivity index (χ3v) is 1.55. The van der Waals surface area contributed by atoms with E-state index in [2.05, 4.69) is 4.98 Å². The first kappa shape index (κ1) is 8.23. The van der Waals surface area contributed by atoms with Crippen LogP contribution in [0.15, 0.2) is 10.8 Å². The average Bonchev–Trinajstić information content (AvgIpc) is 2.33. The van der Waals surface area contributed by atoms with Crippen molar-refractivity contribution in [1.82, 2.24) is 4.98 Å². The standard InChI is InChI=1S/C7H12N2O2/c1-4(8)6(10)7-5(2)9-3-11-7/h3-4,6,10H,8H2,1-2H3. The van der Waals surface area contributed by atoms with Gasteiger partial charge >= 0.3 is 0 Å². The Kier molecular flexibility index (Phi) is 2.26. The van der Waals surface area contributed by atoms with E-state index >= 15 is 0 Å². The molecule has 1 heterocycles. The molecule has 0 saturated carbocycles. The molecule has 0 aliphatic rings. The van der Waals surface area contributed by atoms with Gasteiger partial charge in [-0.25, -0.2) is 4.98 Å². The van der Waals surface area contributed by atoms with Gasteiger partial charge in [0.1, 0.15) is 6.10 Å². The van der Waals surface area contributed by atoms with Gasteiger partial charge in [0.2, 0.25) is 0 Å². The number of oxazole rings is 1. The second kappa shape index (κ2) is 3.02. The number of aryl methyl sites for hydroxylation is 1. The smallest absolute Gasteiger partial charge is 0.181 e. The van der Waals surface area contributed by atoms with Gasteiger partial charge in [0.25, 0.3) is 0 Å². The van der Waals surface area contributed by atoms with Crippen molar-refractivity contribution in [2.75, 3.05) is 0 Å². The highest BCUT2D eigenvalue weighted by atomic mass is 16.4. The highest BCUT2D eigenvalue weighted by Gasteiger charge is 2.18. The number of aromatic nitrogens is 1. The van der Waals surface area contributed by atoms with Crippen LogP contribution in [0, 0.1) is 6.92 Å². The van der Waals surface area contributed by atoms with Crippen molar-refractivity contribution in [3.63, 3.8) is 0 Å². The normalized spacial score (nSPS) is 16.4. The minimum atomic E-state index is -0.752. The molecule has 0 saturated heterocycles. The Balaban J connectivity index is 2.84. The highest BCUT2D eigenvalue weighted by Crippen LogP contribution is 2.17. The van der Waals surface area contributed by atoms with Crippen LogP contribution in [0.25, 0.3) is 0 Å². The van der Waals surface area contributed by atoms with E-state index in [0.717, 1.165) is 0 Å². The Labute approximate surface area is 65.0 Å². The minimum Gasteiger partial charge on any atom is -0.445 e. The van der Waals surface area contributed by atoms with E-state index in [4.69, 9.17) is 10.2 Å². The number of nitrogens with zero attached hydrogens (tertiary/aromatic N) is 1. The van der Waals surface area contributed by atoms with Gasteiger partial charge in [0.15, 0.2) is 12.2 Å². The van der Waals surface area contributed by atoms with Crippen molar-refractivity contribution in [2.45, 2.75) is 26.0 Å². The summed E-state index contributed by atoms with van der Waals surface area (Å²) < 4.78 is 4.95. The molecule has 0 amide bonds. The van der Waals surface area contributed by atoms with Crippen LogP contribution in [-0.2, 0) is 0 Å². The van der Waals surface area contributed by atoms with Gasteiger partial charge in [-0.2, -0.15) is 0 Å². The molecular weight excluding hydrogens is 144 g/mol. The molecule has 0 fully saturated rings. The van der Waals surface area contributed by atoms with E-state index in [0.29, 0.717) is 11.5 Å². The van der Waals surface area contributed by atoms with Gasteiger partial charge in [-0.05, 0) is 13.8 Å². The SMILES string of the molecule is Cc1ncoc1C(O)C(C)N. The summed E-state index contributed by atoms with van der Waals surface area (Å²) in [6, 6.07) is -0.332. The van der Waals surface area contributed by atoms with Gasteiger partial charge in [-0.3, -0.25) is 0 Å². The molecule has 0 aliphatic carbocycles. The quantitative estimate of drug-likeness (QED) is 0.648. The van der Waals surface area contributed by atoms with E-state index in [1.807, 2.05) is 0 Å². The molecule has 0 aliphatic heterocycles. The van der Waals surface area contributed by atoms with E-state index in [9.17, 15) is 5.11 Å². The molecule has 1 aromatic rings. The summed E-state index contributed by atoms with van der Waals surface area (Å²) in [4.78, 5) is 3.84. The molecule has 3 N–H and O–H groups in total. The van der Waals surface area contributed by atoms with Crippen LogP contribution >= 0.6 is 0 Å². The third-order valence-electron chi connectivity index (χ3n) is 1.55. The van der Waals surface area contributed by atoms with Crippen LogP contribution in [0.4, 0.5) is 0 Å². The minimum absolute atomic E-state index is 0.332. The largest absolute Gasteiger partial charge is 0.445 e. The summed E-state index contributed by atoms with van der Waals surface area (Å²) in [5, 5.41) is 9.41. The van der Waals surface area contributed by atoms with Crippen molar-refractivity contribution >= 4 is 0 Å². The number of hydrogen-bond acceptors (Lipinski definition) is 4. The number of aliphatic hydroxyl groups excluding tert-OH is 1. The molecule has 0 spiro atoms. The zero-order chi connectivity index (χ0) is 8.43. The number of aliphatic hydroxyl groups is 1. The van der Waals surface area contributed by atoms with E-state index in [-0.39, 0.29) is 6.04 Å². The Bertz CT molecular complexity index is 232. The summed E-state index contributed by atoms with van der Waals surface area (Å²) in [5.41, 5.74) is 6.15. The first-order valence-corrected chi connectivity index (χ1v) is 3.46. The Morgan fingerprint density at radius 2 is 2.36 bits per heavy atom. The second-order valence-electron chi connectivity index (χ2n) is 2.61. The molecule has 11 heavy (non-hydrogen) atoms. The Morgan fingerprint density at radius 1 is 1.73 bits per heavy atom. The lowest BCUT2D eigenvalue weighted by molar-refractivity contribution is 0.126. The van der Waals surface area contributed by atoms with Crippen LogP contribution in [0.5, 0.6) is 0 Å². The van der Waals surface area contributed by atoms with Crippen LogP contribution in [0.2, 0.25) is 0 Å². The molecular formula is C7H12N2O2. The summed E-state index contributed by atoms with van der Waals surface area (Å²) in [5.74, 6) is 0.458. The maximum absolute atomic E-state index is 9.41. The molecule has 0 aromatic carbocycles. The molecule has 2 unspecified atom stereocenters. The highest BCUT2D eigenvalue weighted by molar-refractivity contribution is 5.09. The van der Waals surface area contributed by atoms with Crippen LogP contribution in [0.3, 0.4) is 0 Å². The maximum Gasteiger partial charge on any atom is 0.181 e. The Morgan fingerprint density at radius 3 is 2.73 bits per heavy atom. The fraction of sp³-hybridized carbons (Fsp3) is 0.571. The topological polar surface area (TPSA) is 72.3 Å². The van der Waals surface area contributed by atoms with Gasteiger partial charge in [0.05, 0.1) is 5.69 Å². The number of hydrogen-bond donors (Lipinski definition) is 2. The second-order valence-corrected chi connectivity index (χ2v) is 2.61. The first-order chi connectivity index (χ1) is 5.13. The average molecular weight is 156 g/mol. The van der Waals surface area contributed by atoms with Crippen molar-refractivity contribution in [2.24, 2.45) is 5.73 Å². The van der Waals surface area contributed by atoms with Crippen LogP contribution in [0.1, 0.15) is 24.5 Å². The zero-order valence-electron chi connectivity index (χ0n) is 6.61. The van der Waals surface area contributed by atoms with Crippen LogP contribution in [-0.4, -0.2) is 16.1 Å². The molecule has 1 rings (SSSR count). The van der Waals surface area contributed by atoms with E-state index < -0.39 is 6.10 Å². The zero-order valence-corrected chi connectivity index (χ0v) is 6.61. The lowest BCUT2D eigenvalue weighted by Crippen LogP contribution is -2.24. The van der Waals surface area contributed by atoms with Crippen LogP contribution < -0.4 is 5.73 Å². The molecule has 4 nitrogen and oxygen atoms in total. The number of nitrogens with two attached hydrogens (primary N) is 1. The van der Waals surface area contributed by atoms with E-state index in [1.54, 1.807) is 13.8 Å². The fourth-order valence-electron chi connectivity index (χ4n) is 0.834. The lowest BCUT2D eigenvalue weighted by atomic mass is 10.1. The fourth-order valence-corrected chi connectivity index (χ4v) is 0.834. The van der Waals surface area contributed by atoms with Crippen molar-refractivity contribution in [1.29, 1.82) is 0 Å². The summed E-state index contributed by atoms with van der Waals surface area (Å²) in [7, 11) is 0. The molecule has 0 radical (unpaired) electrons. The van der Waals surface area contributed by atoms with Gasteiger partial charge in [-0.1, -0.05) is 0 Å². The first-order valence-electron chi connectivity index (χ1n) is 3.46. The molecule has 62 valence electrons. The summed E-state index contributed by atoms with van der Waals surface area (Å²) in [6.07, 6.45) is 0.550. The third kappa shape index (κ3) is 1.58. The number of rotatable bonds is 2. The lowest BCUT2D eigenvalue weighted by Gasteiger charge is -2.11. The predicted octanol–water partition coefficient (Wildman–Crippen LogP) is 0.364. The molecule has 4 heteroatoms. The van der Waals surface area contributed by atoms with E-state index in [1.165, 1.54) is 6.39 Å². The maximum atomic E-state index is 9.41. The van der Waals surface area contributed by atoms with Crippen molar-refractivity contribution in [3.05, 3.63) is 17.8 Å². The van der Waals surface area contributed by atoms with Gasteiger partial charge < -0.3 is 15.3 Å².